The van der Waals surface area contributed by atoms with Gasteiger partial charge >= 0.3 is 0 Å². The Kier molecular flexibility index (Phi) is 8.61. The van der Waals surface area contributed by atoms with Gasteiger partial charge in [-0.2, -0.15) is 0 Å². The highest BCUT2D eigenvalue weighted by molar-refractivity contribution is 6.05. The van der Waals surface area contributed by atoms with Gasteiger partial charge in [0.05, 0.1) is 0 Å². The molecule has 3 aromatic rings. The molecule has 5 rings (SSSR count). The first-order chi connectivity index (χ1) is 19.4. The predicted octanol–water partition coefficient (Wildman–Crippen LogP) is 3.33. The molecule has 9 nitrogen and oxygen atoms in total. The maximum atomic E-state index is 13.8. The summed E-state index contributed by atoms with van der Waals surface area (Å²) in [5.41, 5.74) is 7.81. The van der Waals surface area contributed by atoms with Crippen molar-refractivity contribution in [1.29, 1.82) is 0 Å². The van der Waals surface area contributed by atoms with Crippen molar-refractivity contribution < 1.29 is 18.4 Å². The van der Waals surface area contributed by atoms with Crippen molar-refractivity contribution >= 4 is 23.5 Å². The molecule has 2 amide bonds. The summed E-state index contributed by atoms with van der Waals surface area (Å²) in [5.74, 6) is -2.32. The number of hydrogen-bond donors (Lipinski definition) is 3. The summed E-state index contributed by atoms with van der Waals surface area (Å²) in [7, 11) is 0. The van der Waals surface area contributed by atoms with Gasteiger partial charge in [-0.05, 0) is 54.8 Å². The van der Waals surface area contributed by atoms with Crippen LogP contribution in [0.25, 0.3) is 0 Å². The molecule has 1 aliphatic heterocycles. The Morgan fingerprint density at radius 3 is 2.33 bits per heavy atom. The minimum atomic E-state index is -1.11. The second kappa shape index (κ2) is 12.5. The maximum Gasteiger partial charge on any atom is 0.255 e. The smallest absolute Gasteiger partial charge is 0.255 e. The van der Waals surface area contributed by atoms with Crippen molar-refractivity contribution in [2.45, 2.75) is 44.3 Å². The van der Waals surface area contributed by atoms with Crippen LogP contribution in [-0.2, 0) is 6.54 Å². The van der Waals surface area contributed by atoms with E-state index in [0.717, 1.165) is 69.6 Å². The largest absolute Gasteiger partial charge is 0.348 e. The SMILES string of the molecule is NC1CCCCC1NC(=O)c1ccc(CN2CCN(c3ncccn3)CC2)c(NC(=O)c2ccc(F)c(F)c2)c1. The van der Waals surface area contributed by atoms with E-state index >= 15 is 0 Å². The van der Waals surface area contributed by atoms with E-state index in [-0.39, 0.29) is 23.6 Å². The van der Waals surface area contributed by atoms with Gasteiger partial charge < -0.3 is 21.3 Å². The highest BCUT2D eigenvalue weighted by Gasteiger charge is 2.25. The van der Waals surface area contributed by atoms with Crippen molar-refractivity contribution in [3.05, 3.63) is 83.2 Å². The number of nitrogens with two attached hydrogens (primary N) is 1. The molecule has 1 saturated heterocycles. The summed E-state index contributed by atoms with van der Waals surface area (Å²) in [6.07, 6.45) is 7.19. The molecule has 2 heterocycles. The average molecular weight is 550 g/mol. The first-order valence-corrected chi connectivity index (χ1v) is 13.6. The van der Waals surface area contributed by atoms with E-state index in [1.807, 2.05) is 6.07 Å². The van der Waals surface area contributed by atoms with Crippen molar-refractivity contribution in [3.63, 3.8) is 0 Å². The number of aromatic nitrogens is 2. The third-order valence-corrected chi connectivity index (χ3v) is 7.54. The Hall–Kier alpha value is -3.96. The molecule has 1 saturated carbocycles. The van der Waals surface area contributed by atoms with E-state index in [1.54, 1.807) is 30.6 Å². The van der Waals surface area contributed by atoms with Crippen LogP contribution >= 0.6 is 0 Å². The number of nitrogens with one attached hydrogen (secondary N) is 2. The molecule has 1 aliphatic carbocycles. The lowest BCUT2D eigenvalue weighted by molar-refractivity contribution is 0.0920. The quantitative estimate of drug-likeness (QED) is 0.414. The van der Waals surface area contributed by atoms with Gasteiger partial charge in [-0.25, -0.2) is 18.7 Å². The molecule has 1 aromatic heterocycles. The zero-order chi connectivity index (χ0) is 28.1. The number of carbonyl (C=O) groups excluding carboxylic acids is 2. The Bertz CT molecular complexity index is 1350. The lowest BCUT2D eigenvalue weighted by Crippen LogP contribution is -2.49. The topological polar surface area (TPSA) is 116 Å². The Labute approximate surface area is 231 Å². The molecule has 2 unspecified atom stereocenters. The van der Waals surface area contributed by atoms with Crippen LogP contribution in [0.3, 0.4) is 0 Å². The van der Waals surface area contributed by atoms with Crippen LogP contribution in [0.15, 0.2) is 54.9 Å². The number of carbonyl (C=O) groups is 2. The Morgan fingerprint density at radius 1 is 0.900 bits per heavy atom. The molecule has 40 heavy (non-hydrogen) atoms. The van der Waals surface area contributed by atoms with E-state index in [2.05, 4.69) is 30.4 Å². The first kappa shape index (κ1) is 27.6. The molecular weight excluding hydrogens is 516 g/mol. The van der Waals surface area contributed by atoms with Gasteiger partial charge in [0.2, 0.25) is 5.95 Å². The van der Waals surface area contributed by atoms with Crippen LogP contribution in [0.2, 0.25) is 0 Å². The number of nitrogens with zero attached hydrogens (tertiary/aromatic N) is 4. The minimum absolute atomic E-state index is 0.0237. The molecule has 210 valence electrons. The lowest BCUT2D eigenvalue weighted by atomic mass is 9.91. The minimum Gasteiger partial charge on any atom is -0.348 e. The Balaban J connectivity index is 1.33. The maximum absolute atomic E-state index is 13.8. The number of halogens is 2. The molecule has 0 spiro atoms. The zero-order valence-electron chi connectivity index (χ0n) is 22.2. The van der Waals surface area contributed by atoms with Gasteiger partial charge in [-0.15, -0.1) is 0 Å². The summed E-state index contributed by atoms with van der Waals surface area (Å²) >= 11 is 0. The number of rotatable bonds is 7. The molecule has 2 aromatic carbocycles. The predicted molar refractivity (Wildman–Crippen MR) is 148 cm³/mol. The summed E-state index contributed by atoms with van der Waals surface area (Å²) in [5, 5.41) is 5.85. The van der Waals surface area contributed by atoms with Crippen LogP contribution in [-0.4, -0.2) is 64.9 Å². The number of amides is 2. The van der Waals surface area contributed by atoms with Gasteiger partial charge in [-0.1, -0.05) is 18.9 Å². The van der Waals surface area contributed by atoms with E-state index < -0.39 is 17.5 Å². The van der Waals surface area contributed by atoms with Crippen LogP contribution in [0, 0.1) is 11.6 Å². The fraction of sp³-hybridized carbons (Fsp3) is 0.379. The third-order valence-electron chi connectivity index (χ3n) is 7.54. The fourth-order valence-electron chi connectivity index (χ4n) is 5.20. The van der Waals surface area contributed by atoms with Crippen molar-refractivity contribution in [2.24, 2.45) is 5.73 Å². The number of anilines is 2. The number of benzene rings is 2. The molecular formula is C29H33F2N7O2. The van der Waals surface area contributed by atoms with Crippen LogP contribution in [0.4, 0.5) is 20.4 Å². The van der Waals surface area contributed by atoms with Crippen molar-refractivity contribution in [2.75, 3.05) is 36.4 Å². The van der Waals surface area contributed by atoms with Crippen molar-refractivity contribution in [3.8, 4) is 0 Å². The Morgan fingerprint density at radius 2 is 1.60 bits per heavy atom. The van der Waals surface area contributed by atoms with Crippen LogP contribution in [0.5, 0.6) is 0 Å². The van der Waals surface area contributed by atoms with Crippen molar-refractivity contribution in [1.82, 2.24) is 20.2 Å². The first-order valence-electron chi connectivity index (χ1n) is 13.6. The molecule has 0 radical (unpaired) electrons. The molecule has 4 N–H and O–H groups in total. The number of hydrogen-bond acceptors (Lipinski definition) is 7. The van der Waals surface area contributed by atoms with Gasteiger partial charge in [0.15, 0.2) is 11.6 Å². The molecule has 2 aliphatic rings. The van der Waals surface area contributed by atoms with E-state index in [4.69, 9.17) is 5.73 Å². The van der Waals surface area contributed by atoms with E-state index in [1.165, 1.54) is 6.07 Å². The number of piperazine rings is 1. The molecule has 0 bridgehead atoms. The fourth-order valence-corrected chi connectivity index (χ4v) is 5.20. The van der Waals surface area contributed by atoms with E-state index in [9.17, 15) is 18.4 Å². The van der Waals surface area contributed by atoms with Gasteiger partial charge in [0.1, 0.15) is 0 Å². The summed E-state index contributed by atoms with van der Waals surface area (Å²) < 4.78 is 27.2. The summed E-state index contributed by atoms with van der Waals surface area (Å²) in [4.78, 5) is 39.1. The third kappa shape index (κ3) is 6.60. The van der Waals surface area contributed by atoms with Crippen LogP contribution < -0.4 is 21.3 Å². The van der Waals surface area contributed by atoms with Gasteiger partial charge in [0, 0.05) is 74.0 Å². The monoisotopic (exact) mass is 549 g/mol. The second-order valence-electron chi connectivity index (χ2n) is 10.3. The molecule has 2 atom stereocenters. The summed E-state index contributed by atoms with van der Waals surface area (Å²) in [6.45, 7) is 3.49. The highest BCUT2D eigenvalue weighted by Crippen LogP contribution is 2.24. The lowest BCUT2D eigenvalue weighted by Gasteiger charge is -2.35. The normalized spacial score (nSPS) is 19.7. The highest BCUT2D eigenvalue weighted by atomic mass is 19.2. The van der Waals surface area contributed by atoms with Gasteiger partial charge in [-0.3, -0.25) is 14.5 Å². The molecule has 2 fully saturated rings. The van der Waals surface area contributed by atoms with Crippen LogP contribution in [0.1, 0.15) is 52.0 Å². The zero-order valence-corrected chi connectivity index (χ0v) is 22.2. The van der Waals surface area contributed by atoms with E-state index in [0.29, 0.717) is 23.7 Å². The van der Waals surface area contributed by atoms with Gasteiger partial charge in [0.25, 0.3) is 11.8 Å². The second-order valence-corrected chi connectivity index (χ2v) is 10.3. The standard InChI is InChI=1S/C29H33F2N7O2/c30-22-9-8-19(16-23(22)31)27(39)36-26-17-20(28(40)35-25-5-2-1-4-24(25)32)6-7-21(26)18-37-12-14-38(15-13-37)29-33-10-3-11-34-29/h3,6-11,16-17,24-25H,1-2,4-5,12-15,18,32H2,(H,35,40)(H,36,39). The molecule has 11 heteroatoms. The average Bonchev–Trinajstić information content (AvgIpc) is 2.97. The summed E-state index contributed by atoms with van der Waals surface area (Å²) in [6, 6.07) is 9.77.